The van der Waals surface area contributed by atoms with Crippen molar-refractivity contribution in [1.29, 1.82) is 5.26 Å². The van der Waals surface area contributed by atoms with E-state index in [1.54, 1.807) is 12.3 Å². The quantitative estimate of drug-likeness (QED) is 0.899. The summed E-state index contributed by atoms with van der Waals surface area (Å²) >= 11 is 0. The summed E-state index contributed by atoms with van der Waals surface area (Å²) in [5.74, 6) is 1.64. The summed E-state index contributed by atoms with van der Waals surface area (Å²) in [6, 6.07) is 6.23. The number of hydrogen-bond acceptors (Lipinski definition) is 4. The maximum absolute atomic E-state index is 9.00. The molecule has 19 heavy (non-hydrogen) atoms. The van der Waals surface area contributed by atoms with Gasteiger partial charge < -0.3 is 10.2 Å². The van der Waals surface area contributed by atoms with Crippen LogP contribution in [-0.4, -0.2) is 30.7 Å². The second kappa shape index (κ2) is 6.53. The second-order valence-corrected chi connectivity index (χ2v) is 5.45. The average Bonchev–Trinajstić information content (AvgIpc) is 2.45. The van der Waals surface area contributed by atoms with Crippen LogP contribution in [0.3, 0.4) is 0 Å². The van der Waals surface area contributed by atoms with Crippen LogP contribution in [0, 0.1) is 17.2 Å². The van der Waals surface area contributed by atoms with E-state index in [2.05, 4.69) is 35.1 Å². The van der Waals surface area contributed by atoms with Gasteiger partial charge in [-0.15, -0.1) is 0 Å². The lowest BCUT2D eigenvalue weighted by Crippen LogP contribution is -2.40. The monoisotopic (exact) mass is 258 g/mol. The number of nitrogens with zero attached hydrogens (tertiary/aromatic N) is 3. The fraction of sp³-hybridized carbons (Fsp3) is 0.600. The first-order valence-corrected chi connectivity index (χ1v) is 7.04. The normalized spacial score (nSPS) is 16.3. The number of anilines is 1. The zero-order valence-electron chi connectivity index (χ0n) is 11.8. The summed E-state index contributed by atoms with van der Waals surface area (Å²) in [6.07, 6.45) is 4.17. The molecule has 2 heterocycles. The molecule has 0 aliphatic carbocycles. The third-order valence-corrected chi connectivity index (χ3v) is 3.71. The molecule has 1 aliphatic heterocycles. The zero-order valence-corrected chi connectivity index (χ0v) is 11.8. The first-order chi connectivity index (χ1) is 9.20. The molecule has 0 spiro atoms. The molecule has 0 aromatic carbocycles. The molecule has 0 amide bonds. The van der Waals surface area contributed by atoms with E-state index in [4.69, 9.17) is 5.26 Å². The minimum absolute atomic E-state index is 0.399. The van der Waals surface area contributed by atoms with Crippen LogP contribution in [0.15, 0.2) is 18.3 Å². The molecular formula is C15H22N4. The highest BCUT2D eigenvalue weighted by Gasteiger charge is 2.20. The van der Waals surface area contributed by atoms with E-state index in [0.717, 1.165) is 31.4 Å². The highest BCUT2D eigenvalue weighted by Crippen LogP contribution is 2.21. The van der Waals surface area contributed by atoms with Gasteiger partial charge in [-0.25, -0.2) is 4.98 Å². The van der Waals surface area contributed by atoms with Crippen LogP contribution >= 0.6 is 0 Å². The summed E-state index contributed by atoms with van der Waals surface area (Å²) in [7, 11) is 0. The van der Waals surface area contributed by atoms with Crippen LogP contribution in [0.25, 0.3) is 0 Å². The smallest absolute Gasteiger partial charge is 0.130 e. The average molecular weight is 258 g/mol. The van der Waals surface area contributed by atoms with Crippen LogP contribution in [0.4, 0.5) is 5.82 Å². The van der Waals surface area contributed by atoms with Gasteiger partial charge in [0.15, 0.2) is 0 Å². The van der Waals surface area contributed by atoms with Crippen LogP contribution in [-0.2, 0) is 0 Å². The Morgan fingerprint density at radius 2 is 2.21 bits per heavy atom. The molecule has 0 bridgehead atoms. The van der Waals surface area contributed by atoms with Gasteiger partial charge in [0.25, 0.3) is 0 Å². The number of hydrogen-bond donors (Lipinski definition) is 1. The van der Waals surface area contributed by atoms with Crippen molar-refractivity contribution in [2.45, 2.75) is 32.7 Å². The maximum Gasteiger partial charge on any atom is 0.130 e. The van der Waals surface area contributed by atoms with Crippen LogP contribution in [0.5, 0.6) is 0 Å². The molecule has 1 aromatic rings. The molecule has 0 saturated carbocycles. The minimum Gasteiger partial charge on any atom is -0.354 e. The van der Waals surface area contributed by atoms with Crippen molar-refractivity contribution in [2.75, 3.05) is 24.5 Å². The van der Waals surface area contributed by atoms with Gasteiger partial charge in [-0.1, -0.05) is 0 Å². The second-order valence-electron chi connectivity index (χ2n) is 5.45. The molecule has 102 valence electrons. The molecule has 1 saturated heterocycles. The number of nitrogens with one attached hydrogen (secondary N) is 1. The van der Waals surface area contributed by atoms with Gasteiger partial charge in [-0.3, -0.25) is 0 Å². The van der Waals surface area contributed by atoms with E-state index in [9.17, 15) is 0 Å². The van der Waals surface area contributed by atoms with Crippen molar-refractivity contribution in [3.8, 4) is 6.07 Å². The molecule has 4 nitrogen and oxygen atoms in total. The van der Waals surface area contributed by atoms with Gasteiger partial charge in [-0.05, 0) is 57.8 Å². The Kier molecular flexibility index (Phi) is 4.75. The highest BCUT2D eigenvalue weighted by atomic mass is 15.2. The molecule has 1 aromatic heterocycles. The molecular weight excluding hydrogens is 236 g/mol. The Morgan fingerprint density at radius 3 is 2.84 bits per heavy atom. The topological polar surface area (TPSA) is 52.0 Å². The Morgan fingerprint density at radius 1 is 1.47 bits per heavy atom. The van der Waals surface area contributed by atoms with Gasteiger partial charge in [0, 0.05) is 18.8 Å². The molecule has 0 atom stereocenters. The summed E-state index contributed by atoms with van der Waals surface area (Å²) in [5, 5.41) is 12.4. The lowest BCUT2D eigenvalue weighted by atomic mass is 9.97. The zero-order chi connectivity index (χ0) is 13.7. The summed E-state index contributed by atoms with van der Waals surface area (Å²) in [6.45, 7) is 7.62. The molecule has 0 radical (unpaired) electrons. The van der Waals surface area contributed by atoms with E-state index >= 15 is 0 Å². The summed E-state index contributed by atoms with van der Waals surface area (Å²) < 4.78 is 0. The Labute approximate surface area is 115 Å². The van der Waals surface area contributed by atoms with Gasteiger partial charge >= 0.3 is 0 Å². The predicted molar refractivity (Wildman–Crippen MR) is 77.0 cm³/mol. The lowest BCUT2D eigenvalue weighted by molar-refractivity contribution is 0.367. The van der Waals surface area contributed by atoms with Gasteiger partial charge in [-0.2, -0.15) is 5.26 Å². The molecule has 0 unspecified atom stereocenters. The van der Waals surface area contributed by atoms with Gasteiger partial charge in [0.05, 0.1) is 11.6 Å². The van der Waals surface area contributed by atoms with Crippen molar-refractivity contribution < 1.29 is 0 Å². The molecule has 4 heteroatoms. The van der Waals surface area contributed by atoms with Crippen LogP contribution in [0.2, 0.25) is 0 Å². The van der Waals surface area contributed by atoms with Crippen LogP contribution in [0.1, 0.15) is 32.3 Å². The Bertz CT molecular complexity index is 444. The predicted octanol–water partition coefficient (Wildman–Crippen LogP) is 2.17. The molecule has 2 rings (SSSR count). The Balaban J connectivity index is 2.12. The number of piperidine rings is 1. The minimum atomic E-state index is 0.399. The standard InChI is InChI=1S/C15H22N4/c1-12(2)19(11-13-3-6-17-7-4-13)15-9-14(10-16)5-8-18-15/h5,8-9,12-13,17H,3-4,6-7,11H2,1-2H3. The number of nitriles is 1. The van der Waals surface area contributed by atoms with Crippen molar-refractivity contribution >= 4 is 5.82 Å². The van der Waals surface area contributed by atoms with E-state index in [-0.39, 0.29) is 0 Å². The fourth-order valence-electron chi connectivity index (χ4n) is 2.56. The van der Waals surface area contributed by atoms with Crippen molar-refractivity contribution in [2.24, 2.45) is 5.92 Å². The highest BCUT2D eigenvalue weighted by molar-refractivity contribution is 5.45. The van der Waals surface area contributed by atoms with E-state index in [1.807, 2.05) is 6.07 Å². The third kappa shape index (κ3) is 3.68. The third-order valence-electron chi connectivity index (χ3n) is 3.71. The van der Waals surface area contributed by atoms with Crippen molar-refractivity contribution in [3.05, 3.63) is 23.9 Å². The van der Waals surface area contributed by atoms with Gasteiger partial charge in [0.1, 0.15) is 5.82 Å². The molecule has 1 aliphatic rings. The van der Waals surface area contributed by atoms with Gasteiger partial charge in [0.2, 0.25) is 0 Å². The Hall–Kier alpha value is -1.60. The first-order valence-electron chi connectivity index (χ1n) is 7.04. The number of aromatic nitrogens is 1. The first kappa shape index (κ1) is 13.8. The fourth-order valence-corrected chi connectivity index (χ4v) is 2.56. The van der Waals surface area contributed by atoms with E-state index in [1.165, 1.54) is 12.8 Å². The lowest BCUT2D eigenvalue weighted by Gasteiger charge is -2.33. The summed E-state index contributed by atoms with van der Waals surface area (Å²) in [4.78, 5) is 6.75. The van der Waals surface area contributed by atoms with Crippen LogP contribution < -0.4 is 10.2 Å². The SMILES string of the molecule is CC(C)N(CC1CCNCC1)c1cc(C#N)ccn1. The van der Waals surface area contributed by atoms with E-state index < -0.39 is 0 Å². The molecule has 1 N–H and O–H groups in total. The maximum atomic E-state index is 9.00. The number of rotatable bonds is 4. The largest absolute Gasteiger partial charge is 0.354 e. The van der Waals surface area contributed by atoms with Crippen molar-refractivity contribution in [3.63, 3.8) is 0 Å². The van der Waals surface area contributed by atoms with Crippen molar-refractivity contribution in [1.82, 2.24) is 10.3 Å². The summed E-state index contributed by atoms with van der Waals surface area (Å²) in [5.41, 5.74) is 0.681. The number of pyridine rings is 1. The molecule has 1 fully saturated rings. The van der Waals surface area contributed by atoms with E-state index in [0.29, 0.717) is 11.6 Å².